The van der Waals surface area contributed by atoms with Crippen LogP contribution in [0, 0.1) is 0 Å². The van der Waals surface area contributed by atoms with E-state index in [2.05, 4.69) is 0 Å². The summed E-state index contributed by atoms with van der Waals surface area (Å²) in [6.07, 6.45) is -5.44. The van der Waals surface area contributed by atoms with Crippen LogP contribution in [0.15, 0.2) is 24.3 Å². The van der Waals surface area contributed by atoms with Gasteiger partial charge in [-0.25, -0.2) is 4.79 Å². The molecule has 0 spiro atoms. The summed E-state index contributed by atoms with van der Waals surface area (Å²) in [5.74, 6) is -2.57. The number of amides is 1. The SMILES string of the molecule is CN(C)CCOC1CC(N(C(=O)C(F)(F)F)c2ccc(C(=O)OC(C)(C)C)cc2)CCO1. The standard InChI is InChI=1S/C22H31F3N2O5/c1-21(2,3)32-19(28)15-6-8-16(9-7-15)27(20(29)22(23,24)25)17-10-12-30-18(14-17)31-13-11-26(4)5/h6-9,17-18H,10-14H2,1-5H3. The van der Waals surface area contributed by atoms with Gasteiger partial charge in [0.2, 0.25) is 0 Å². The predicted octanol–water partition coefficient (Wildman–Crippen LogP) is 3.62. The van der Waals surface area contributed by atoms with Gasteiger partial charge >= 0.3 is 18.1 Å². The van der Waals surface area contributed by atoms with E-state index >= 15 is 0 Å². The Labute approximate surface area is 186 Å². The van der Waals surface area contributed by atoms with E-state index in [0.717, 1.165) is 4.90 Å². The van der Waals surface area contributed by atoms with E-state index in [4.69, 9.17) is 14.2 Å². The second kappa shape index (κ2) is 10.6. The average Bonchev–Trinajstić information content (AvgIpc) is 2.66. The minimum Gasteiger partial charge on any atom is -0.456 e. The zero-order valence-electron chi connectivity index (χ0n) is 19.1. The molecule has 1 aliphatic rings. The Balaban J connectivity index is 2.22. The van der Waals surface area contributed by atoms with Crippen LogP contribution >= 0.6 is 0 Å². The van der Waals surface area contributed by atoms with Gasteiger partial charge in [-0.3, -0.25) is 4.79 Å². The van der Waals surface area contributed by atoms with Crippen molar-refractivity contribution >= 4 is 17.6 Å². The smallest absolute Gasteiger partial charge is 0.456 e. The van der Waals surface area contributed by atoms with Gasteiger partial charge in [0.05, 0.1) is 18.8 Å². The Bertz CT molecular complexity index is 775. The Morgan fingerprint density at radius 2 is 1.75 bits per heavy atom. The summed E-state index contributed by atoms with van der Waals surface area (Å²) in [6.45, 7) is 6.28. The van der Waals surface area contributed by atoms with E-state index in [1.165, 1.54) is 24.3 Å². The number of benzene rings is 1. The van der Waals surface area contributed by atoms with E-state index in [9.17, 15) is 22.8 Å². The van der Waals surface area contributed by atoms with Gasteiger partial charge in [-0.05, 0) is 65.6 Å². The molecule has 32 heavy (non-hydrogen) atoms. The van der Waals surface area contributed by atoms with Crippen LogP contribution in [0.2, 0.25) is 0 Å². The molecule has 2 rings (SSSR count). The highest BCUT2D eigenvalue weighted by atomic mass is 19.4. The number of hydrogen-bond donors (Lipinski definition) is 0. The topological polar surface area (TPSA) is 68.3 Å². The van der Waals surface area contributed by atoms with Crippen molar-refractivity contribution in [2.45, 2.75) is 57.7 Å². The van der Waals surface area contributed by atoms with Crippen molar-refractivity contribution in [3.05, 3.63) is 29.8 Å². The Morgan fingerprint density at radius 1 is 1.12 bits per heavy atom. The van der Waals surface area contributed by atoms with E-state index in [1.54, 1.807) is 20.8 Å². The van der Waals surface area contributed by atoms with Crippen LogP contribution in [0.4, 0.5) is 18.9 Å². The van der Waals surface area contributed by atoms with Crippen LogP contribution < -0.4 is 4.90 Å². The molecule has 2 atom stereocenters. The normalized spacial score (nSPS) is 19.7. The summed E-state index contributed by atoms with van der Waals surface area (Å²) in [4.78, 5) is 27.1. The minimum atomic E-state index is -5.05. The number of rotatable bonds is 7. The molecule has 10 heteroatoms. The second-order valence-corrected chi connectivity index (χ2v) is 8.87. The molecule has 0 aliphatic carbocycles. The molecular formula is C22H31F3N2O5. The van der Waals surface area contributed by atoms with E-state index in [1.807, 2.05) is 19.0 Å². The number of carbonyl (C=O) groups excluding carboxylic acids is 2. The fourth-order valence-electron chi connectivity index (χ4n) is 3.19. The Morgan fingerprint density at radius 3 is 2.28 bits per heavy atom. The maximum atomic E-state index is 13.4. The first kappa shape index (κ1) is 26.1. The molecule has 0 bridgehead atoms. The van der Waals surface area contributed by atoms with Gasteiger partial charge in [-0.15, -0.1) is 0 Å². The fourth-order valence-corrected chi connectivity index (χ4v) is 3.19. The molecule has 1 fully saturated rings. The number of halogens is 3. The van der Waals surface area contributed by atoms with Gasteiger partial charge in [0, 0.05) is 24.7 Å². The Kier molecular flexibility index (Phi) is 8.67. The monoisotopic (exact) mass is 460 g/mol. The molecule has 180 valence electrons. The zero-order chi connectivity index (χ0) is 24.1. The van der Waals surface area contributed by atoms with Crippen LogP contribution in [0.1, 0.15) is 44.0 Å². The van der Waals surface area contributed by atoms with Gasteiger partial charge in [0.25, 0.3) is 0 Å². The molecular weight excluding hydrogens is 429 g/mol. The third-order valence-corrected chi connectivity index (χ3v) is 4.67. The Hall–Kier alpha value is -2.17. The van der Waals surface area contributed by atoms with E-state index in [0.29, 0.717) is 13.2 Å². The van der Waals surface area contributed by atoms with Gasteiger partial charge in [-0.1, -0.05) is 0 Å². The maximum Gasteiger partial charge on any atom is 0.471 e. The number of nitrogens with zero attached hydrogens (tertiary/aromatic N) is 2. The van der Waals surface area contributed by atoms with Crippen LogP contribution in [0.5, 0.6) is 0 Å². The number of hydrogen-bond acceptors (Lipinski definition) is 6. The number of likely N-dealkylation sites (N-methyl/N-ethyl adjacent to an activating group) is 1. The molecule has 1 aliphatic heterocycles. The quantitative estimate of drug-likeness (QED) is 0.579. The molecule has 2 unspecified atom stereocenters. The predicted molar refractivity (Wildman–Crippen MR) is 112 cm³/mol. The van der Waals surface area contributed by atoms with Crippen LogP contribution in [0.25, 0.3) is 0 Å². The molecule has 0 N–H and O–H groups in total. The first-order valence-electron chi connectivity index (χ1n) is 10.4. The van der Waals surface area contributed by atoms with Gasteiger partial charge < -0.3 is 24.0 Å². The summed E-state index contributed by atoms with van der Waals surface area (Å²) in [6, 6.07) is 4.57. The highest BCUT2D eigenvalue weighted by Gasteiger charge is 2.46. The third-order valence-electron chi connectivity index (χ3n) is 4.67. The average molecular weight is 460 g/mol. The third kappa shape index (κ3) is 7.75. The lowest BCUT2D eigenvalue weighted by Crippen LogP contribution is -2.51. The van der Waals surface area contributed by atoms with Gasteiger partial charge in [-0.2, -0.15) is 13.2 Å². The number of ether oxygens (including phenoxy) is 3. The summed E-state index contributed by atoms with van der Waals surface area (Å²) >= 11 is 0. The summed E-state index contributed by atoms with van der Waals surface area (Å²) in [5, 5.41) is 0. The summed E-state index contributed by atoms with van der Waals surface area (Å²) < 4.78 is 56.6. The van der Waals surface area contributed by atoms with E-state index < -0.39 is 36.0 Å². The number of anilines is 1. The highest BCUT2D eigenvalue weighted by Crippen LogP contribution is 2.31. The lowest BCUT2D eigenvalue weighted by Gasteiger charge is -2.37. The van der Waals surface area contributed by atoms with Crippen molar-refractivity contribution in [1.29, 1.82) is 0 Å². The van der Waals surface area contributed by atoms with Crippen molar-refractivity contribution in [3.8, 4) is 0 Å². The number of esters is 1. The van der Waals surface area contributed by atoms with Crippen LogP contribution in [-0.4, -0.2) is 74.7 Å². The number of alkyl halides is 3. The lowest BCUT2D eigenvalue weighted by atomic mass is 10.0. The van der Waals surface area contributed by atoms with Crippen molar-refractivity contribution in [3.63, 3.8) is 0 Å². The van der Waals surface area contributed by atoms with Crippen molar-refractivity contribution in [2.24, 2.45) is 0 Å². The van der Waals surface area contributed by atoms with Crippen molar-refractivity contribution in [1.82, 2.24) is 4.90 Å². The van der Waals surface area contributed by atoms with Crippen LogP contribution in [-0.2, 0) is 19.0 Å². The molecule has 1 aromatic rings. The lowest BCUT2D eigenvalue weighted by molar-refractivity contribution is -0.178. The van der Waals surface area contributed by atoms with Crippen molar-refractivity contribution < 1.29 is 37.0 Å². The second-order valence-electron chi connectivity index (χ2n) is 8.87. The molecule has 1 amide bonds. The molecule has 0 aromatic heterocycles. The molecule has 1 saturated heterocycles. The zero-order valence-corrected chi connectivity index (χ0v) is 19.1. The summed E-state index contributed by atoms with van der Waals surface area (Å²) in [7, 11) is 3.75. The van der Waals surface area contributed by atoms with Gasteiger partial charge in [0.1, 0.15) is 5.60 Å². The molecule has 0 radical (unpaired) electrons. The van der Waals surface area contributed by atoms with Crippen LogP contribution in [0.3, 0.4) is 0 Å². The first-order valence-corrected chi connectivity index (χ1v) is 10.4. The molecule has 1 heterocycles. The maximum absolute atomic E-state index is 13.4. The molecule has 0 saturated carbocycles. The highest BCUT2D eigenvalue weighted by molar-refractivity contribution is 5.98. The number of carbonyl (C=O) groups is 2. The minimum absolute atomic E-state index is 0.0403. The summed E-state index contributed by atoms with van der Waals surface area (Å²) in [5.41, 5.74) is -0.490. The molecule has 7 nitrogen and oxygen atoms in total. The van der Waals surface area contributed by atoms with Crippen molar-refractivity contribution in [2.75, 3.05) is 38.8 Å². The van der Waals surface area contributed by atoms with E-state index in [-0.39, 0.29) is 30.7 Å². The fraction of sp³-hybridized carbons (Fsp3) is 0.636. The first-order chi connectivity index (χ1) is 14.8. The largest absolute Gasteiger partial charge is 0.471 e. The molecule has 1 aromatic carbocycles. The van der Waals surface area contributed by atoms with Gasteiger partial charge in [0.15, 0.2) is 6.29 Å².